The fourth-order valence-corrected chi connectivity index (χ4v) is 4.96. The Morgan fingerprint density at radius 2 is 1.14 bits per heavy atom. The first-order chi connectivity index (χ1) is 13.0. The van der Waals surface area contributed by atoms with Gasteiger partial charge in [0.2, 0.25) is 0 Å². The molecule has 3 rings (SSSR count). The molecule has 2 nitrogen and oxygen atoms in total. The quantitative estimate of drug-likeness (QED) is 0.284. The van der Waals surface area contributed by atoms with Crippen LogP contribution in [0.1, 0.15) is 27.8 Å². The molecule has 0 N–H and O–H groups in total. The zero-order valence-corrected chi connectivity index (χ0v) is 19.9. The maximum atomic E-state index is 5.68. The second-order valence-electron chi connectivity index (χ2n) is 6.67. The van der Waals surface area contributed by atoms with Crippen LogP contribution in [-0.4, -0.2) is 19.5 Å². The molecule has 0 aliphatic heterocycles. The van der Waals surface area contributed by atoms with Gasteiger partial charge in [-0.2, -0.15) is 0 Å². The second kappa shape index (κ2) is 11.2. The zero-order valence-electron chi connectivity index (χ0n) is 17.9. The van der Waals surface area contributed by atoms with Crippen molar-refractivity contribution in [2.24, 2.45) is 0 Å². The van der Waals surface area contributed by atoms with Gasteiger partial charge in [-0.1, -0.05) is 42.0 Å². The smallest absolute Gasteiger partial charge is 0.168 e. The topological polar surface area (TPSA) is 18.5 Å². The van der Waals surface area contributed by atoms with Gasteiger partial charge in [-0.25, -0.2) is 0 Å². The molecule has 0 amide bonds. The molecule has 4 heteroatoms. The molecule has 0 bridgehead atoms. The Morgan fingerprint density at radius 1 is 0.724 bits per heavy atom. The van der Waals surface area contributed by atoms with Crippen molar-refractivity contribution in [3.8, 4) is 11.5 Å². The molecule has 1 atom stereocenters. The minimum absolute atomic E-state index is 0. The largest absolute Gasteiger partial charge is 0.496 e. The van der Waals surface area contributed by atoms with Gasteiger partial charge in [0.15, 0.2) is 10.6 Å². The summed E-state index contributed by atoms with van der Waals surface area (Å²) in [6, 6.07) is 21.0. The van der Waals surface area contributed by atoms with Gasteiger partial charge in [0.1, 0.15) is 19.7 Å². The van der Waals surface area contributed by atoms with Crippen molar-refractivity contribution in [2.75, 3.05) is 14.2 Å². The maximum absolute atomic E-state index is 5.68. The molecule has 0 heterocycles. The molecule has 29 heavy (non-hydrogen) atoms. The summed E-state index contributed by atoms with van der Waals surface area (Å²) in [5, 5.41) is 2.62. The number of hydrogen-bond donors (Lipinski definition) is 0. The van der Waals surface area contributed by atoms with Crippen LogP contribution in [0.4, 0.5) is 0 Å². The van der Waals surface area contributed by atoms with E-state index in [0.717, 1.165) is 22.6 Å². The summed E-state index contributed by atoms with van der Waals surface area (Å²) >= 11 is 0. The Kier molecular flexibility index (Phi) is 9.64. The molecule has 1 unspecified atom stereocenters. The molecule has 0 aliphatic carbocycles. The van der Waals surface area contributed by atoms with Crippen LogP contribution < -0.4 is 14.8 Å². The third-order valence-corrected chi connectivity index (χ3v) is 6.51. The SMILES string of the molecule is COc1ccccc1C(=[PH+]c1c(C)cc(C)cc1C)c1ccccc1OC.[CH3-].[Ni]. The second-order valence-corrected chi connectivity index (χ2v) is 7.92. The molecule has 0 radical (unpaired) electrons. The molecule has 3 aromatic carbocycles. The van der Waals surface area contributed by atoms with Crippen LogP contribution in [0.5, 0.6) is 11.5 Å². The fourth-order valence-electron chi connectivity index (χ4n) is 3.48. The molecule has 156 valence electrons. The van der Waals surface area contributed by atoms with Crippen LogP contribution in [0, 0.1) is 28.2 Å². The summed E-state index contributed by atoms with van der Waals surface area (Å²) < 4.78 is 11.4. The predicted octanol–water partition coefficient (Wildman–Crippen LogP) is 5.65. The van der Waals surface area contributed by atoms with Crippen molar-refractivity contribution in [1.29, 1.82) is 0 Å². The molecular weight excluding hydrogens is 422 g/mol. The number of ether oxygens (including phenoxy) is 2. The Morgan fingerprint density at radius 3 is 1.55 bits per heavy atom. The van der Waals surface area contributed by atoms with E-state index in [1.165, 1.54) is 27.3 Å². The number of para-hydroxylation sites is 2. The van der Waals surface area contributed by atoms with Crippen LogP contribution in [0.2, 0.25) is 0 Å². The van der Waals surface area contributed by atoms with Crippen molar-refractivity contribution in [2.45, 2.75) is 20.8 Å². The Balaban J connectivity index is 0.00000210. The van der Waals surface area contributed by atoms with E-state index in [1.54, 1.807) is 14.2 Å². The molecule has 3 aromatic rings. The van der Waals surface area contributed by atoms with Crippen molar-refractivity contribution in [3.63, 3.8) is 0 Å². The Hall–Kier alpha value is -2.08. The van der Waals surface area contributed by atoms with Gasteiger partial charge >= 0.3 is 0 Å². The van der Waals surface area contributed by atoms with E-state index in [0.29, 0.717) is 8.20 Å². The molecule has 0 spiro atoms. The molecule has 0 aliphatic rings. The third kappa shape index (κ3) is 5.50. The average molecular weight is 451 g/mol. The van der Waals surface area contributed by atoms with Gasteiger partial charge in [0, 0.05) is 16.5 Å². The minimum Gasteiger partial charge on any atom is -0.496 e. The van der Waals surface area contributed by atoms with E-state index in [2.05, 4.69) is 57.2 Å². The van der Waals surface area contributed by atoms with Crippen LogP contribution in [-0.2, 0) is 16.5 Å². The monoisotopic (exact) mass is 450 g/mol. The van der Waals surface area contributed by atoms with Crippen molar-refractivity contribution < 1.29 is 26.0 Å². The number of benzene rings is 3. The molecule has 0 fully saturated rings. The van der Waals surface area contributed by atoms with Gasteiger partial charge in [0.25, 0.3) is 0 Å². The Bertz CT molecular complexity index is 923. The first-order valence-electron chi connectivity index (χ1n) is 9.03. The van der Waals surface area contributed by atoms with Crippen LogP contribution in [0.25, 0.3) is 0 Å². The fraction of sp³-hybridized carbons (Fsp3) is 0.200. The molecular formula is C25H29NiO2P. The van der Waals surface area contributed by atoms with Gasteiger partial charge in [-0.05, 0) is 56.2 Å². The molecule has 0 aromatic heterocycles. The maximum Gasteiger partial charge on any atom is 0.168 e. The summed E-state index contributed by atoms with van der Waals surface area (Å²) in [5.74, 6) is 1.77. The van der Waals surface area contributed by atoms with Crippen LogP contribution >= 0.6 is 8.20 Å². The Labute approximate surface area is 187 Å². The number of rotatable bonds is 5. The van der Waals surface area contributed by atoms with Crippen molar-refractivity contribution in [3.05, 3.63) is 95.9 Å². The van der Waals surface area contributed by atoms with E-state index in [1.807, 2.05) is 24.3 Å². The van der Waals surface area contributed by atoms with Gasteiger partial charge in [-0.3, -0.25) is 0 Å². The third-order valence-electron chi connectivity index (χ3n) is 4.68. The van der Waals surface area contributed by atoms with Crippen molar-refractivity contribution in [1.82, 2.24) is 0 Å². The first-order valence-corrected chi connectivity index (χ1v) is 10.0. The van der Waals surface area contributed by atoms with E-state index in [-0.39, 0.29) is 23.9 Å². The normalized spacial score (nSPS) is 9.97. The number of aryl methyl sites for hydroxylation is 3. The summed E-state index contributed by atoms with van der Waals surface area (Å²) in [5.41, 5.74) is 6.18. The minimum atomic E-state index is 0. The summed E-state index contributed by atoms with van der Waals surface area (Å²) in [6.07, 6.45) is 0. The average Bonchev–Trinajstić information content (AvgIpc) is 2.67. The summed E-state index contributed by atoms with van der Waals surface area (Å²) in [7, 11) is 3.95. The van der Waals surface area contributed by atoms with Gasteiger partial charge < -0.3 is 16.9 Å². The summed E-state index contributed by atoms with van der Waals surface area (Å²) in [4.78, 5) is 0. The van der Waals surface area contributed by atoms with E-state index in [4.69, 9.17) is 9.47 Å². The summed E-state index contributed by atoms with van der Waals surface area (Å²) in [6.45, 7) is 6.55. The van der Waals surface area contributed by atoms with E-state index < -0.39 is 0 Å². The molecule has 0 saturated carbocycles. The van der Waals surface area contributed by atoms with Gasteiger partial charge in [-0.15, -0.1) is 0 Å². The predicted molar refractivity (Wildman–Crippen MR) is 124 cm³/mol. The van der Waals surface area contributed by atoms with Crippen LogP contribution in [0.15, 0.2) is 60.7 Å². The van der Waals surface area contributed by atoms with Crippen molar-refractivity contribution >= 4 is 18.8 Å². The van der Waals surface area contributed by atoms with E-state index >= 15 is 0 Å². The number of methoxy groups -OCH3 is 2. The molecule has 0 saturated heterocycles. The first kappa shape index (κ1) is 25.0. The van der Waals surface area contributed by atoms with E-state index in [9.17, 15) is 0 Å². The zero-order chi connectivity index (χ0) is 19.4. The number of hydrogen-bond acceptors (Lipinski definition) is 2. The van der Waals surface area contributed by atoms with Crippen LogP contribution in [0.3, 0.4) is 0 Å². The standard InChI is InChI=1S/C24H25O2P.CH3.Ni/c1-16-14-17(2)23(18(3)15-16)27-24(19-10-6-8-12-21(19)25-4)20-11-7-9-13-22(20)26-5;;/h6-15H,1-5H3;1H3;/q;-1;/p+1. The van der Waals surface area contributed by atoms with Gasteiger partial charge in [0.05, 0.1) is 25.3 Å².